The second-order valence-electron chi connectivity index (χ2n) is 4.50. The zero-order chi connectivity index (χ0) is 14.5. The number of nitrogens with zero attached hydrogens (tertiary/aromatic N) is 1. The molecule has 0 atom stereocenters. The van der Waals surface area contributed by atoms with Gasteiger partial charge in [-0.3, -0.25) is 0 Å². The van der Waals surface area contributed by atoms with Gasteiger partial charge in [0.1, 0.15) is 0 Å². The molecule has 0 bridgehead atoms. The van der Waals surface area contributed by atoms with Crippen LogP contribution in [0.15, 0.2) is 23.1 Å². The van der Waals surface area contributed by atoms with Gasteiger partial charge in [0.05, 0.1) is 4.90 Å². The third-order valence-corrected chi connectivity index (χ3v) is 5.24. The number of aryl methyl sites for hydroxylation is 1. The Balaban J connectivity index is 3.23. The maximum Gasteiger partial charge on any atom is 0.243 e. The van der Waals surface area contributed by atoms with Crippen LogP contribution >= 0.6 is 0 Å². The molecule has 0 aromatic heterocycles. The highest BCUT2D eigenvalue weighted by Gasteiger charge is 2.22. The summed E-state index contributed by atoms with van der Waals surface area (Å²) < 4.78 is 26.3. The summed E-state index contributed by atoms with van der Waals surface area (Å²) in [5, 5.41) is 3.22. The molecule has 19 heavy (non-hydrogen) atoms. The largest absolute Gasteiger partial charge is 0.313 e. The lowest BCUT2D eigenvalue weighted by atomic mass is 10.1. The van der Waals surface area contributed by atoms with Crippen LogP contribution in [0.25, 0.3) is 0 Å². The first-order valence-electron chi connectivity index (χ1n) is 6.76. The summed E-state index contributed by atoms with van der Waals surface area (Å²) in [6.45, 7) is 7.88. The molecule has 0 aliphatic rings. The summed E-state index contributed by atoms with van der Waals surface area (Å²) in [4.78, 5) is 0.440. The second-order valence-corrected chi connectivity index (χ2v) is 6.51. The topological polar surface area (TPSA) is 49.4 Å². The van der Waals surface area contributed by atoms with Crippen LogP contribution in [0.3, 0.4) is 0 Å². The molecule has 0 unspecified atom stereocenters. The van der Waals surface area contributed by atoms with Crippen LogP contribution in [0.4, 0.5) is 0 Å². The summed E-state index contributed by atoms with van der Waals surface area (Å²) in [6.07, 6.45) is 0.716. The maximum absolute atomic E-state index is 12.5. The Bertz CT molecular complexity index is 512. The van der Waals surface area contributed by atoms with Gasteiger partial charge >= 0.3 is 0 Å². The second kappa shape index (κ2) is 7.03. The van der Waals surface area contributed by atoms with Gasteiger partial charge in [0.15, 0.2) is 0 Å². The van der Waals surface area contributed by atoms with Crippen molar-refractivity contribution in [2.75, 3.05) is 20.1 Å². The molecule has 4 nitrogen and oxygen atoms in total. The molecule has 1 aromatic carbocycles. The van der Waals surface area contributed by atoms with Gasteiger partial charge in [0, 0.05) is 20.1 Å². The van der Waals surface area contributed by atoms with Gasteiger partial charge in [0.25, 0.3) is 0 Å². The van der Waals surface area contributed by atoms with Gasteiger partial charge in [-0.15, -0.1) is 0 Å². The molecule has 0 amide bonds. The summed E-state index contributed by atoms with van der Waals surface area (Å²) in [5.41, 5.74) is 1.88. The van der Waals surface area contributed by atoms with Crippen LogP contribution in [0.1, 0.15) is 31.9 Å². The minimum absolute atomic E-state index is 0.440. The number of nitrogens with one attached hydrogen (secondary N) is 1. The van der Waals surface area contributed by atoms with Crippen molar-refractivity contribution in [3.8, 4) is 0 Å². The van der Waals surface area contributed by atoms with E-state index in [1.165, 1.54) is 4.31 Å². The number of hydrogen-bond donors (Lipinski definition) is 1. The van der Waals surface area contributed by atoms with Crippen molar-refractivity contribution >= 4 is 10.0 Å². The lowest BCUT2D eigenvalue weighted by molar-refractivity contribution is 0.485. The Morgan fingerprint density at radius 2 is 1.89 bits per heavy atom. The molecule has 0 aliphatic heterocycles. The number of benzene rings is 1. The zero-order valence-corrected chi connectivity index (χ0v) is 13.0. The highest BCUT2D eigenvalue weighted by atomic mass is 32.2. The lowest BCUT2D eigenvalue weighted by Crippen LogP contribution is -2.27. The molecule has 1 rings (SSSR count). The van der Waals surface area contributed by atoms with Crippen molar-refractivity contribution in [1.82, 2.24) is 9.62 Å². The average Bonchev–Trinajstić information content (AvgIpc) is 2.43. The molecule has 0 aliphatic carbocycles. The van der Waals surface area contributed by atoms with E-state index in [4.69, 9.17) is 0 Å². The Kier molecular flexibility index (Phi) is 5.97. The molecule has 0 spiro atoms. The predicted octanol–water partition coefficient (Wildman–Crippen LogP) is 2.00. The molecule has 1 N–H and O–H groups in total. The van der Waals surface area contributed by atoms with E-state index < -0.39 is 10.0 Å². The predicted molar refractivity (Wildman–Crippen MR) is 78.7 cm³/mol. The van der Waals surface area contributed by atoms with Gasteiger partial charge in [-0.25, -0.2) is 12.7 Å². The van der Waals surface area contributed by atoms with Crippen molar-refractivity contribution in [2.24, 2.45) is 0 Å². The highest BCUT2D eigenvalue weighted by molar-refractivity contribution is 7.89. The van der Waals surface area contributed by atoms with Gasteiger partial charge in [-0.1, -0.05) is 32.9 Å². The van der Waals surface area contributed by atoms with Gasteiger partial charge in [-0.2, -0.15) is 0 Å². The molecule has 1 aromatic rings. The number of sulfonamides is 1. The minimum atomic E-state index is -3.37. The monoisotopic (exact) mass is 284 g/mol. The van der Waals surface area contributed by atoms with Crippen LogP contribution in [0, 0.1) is 0 Å². The molecule has 0 saturated heterocycles. The normalized spacial score (nSPS) is 12.1. The summed E-state index contributed by atoms with van der Waals surface area (Å²) >= 11 is 0. The van der Waals surface area contributed by atoms with Crippen molar-refractivity contribution < 1.29 is 8.42 Å². The van der Waals surface area contributed by atoms with Crippen LogP contribution in [0.2, 0.25) is 0 Å². The number of rotatable bonds is 7. The highest BCUT2D eigenvalue weighted by Crippen LogP contribution is 2.21. The van der Waals surface area contributed by atoms with E-state index in [-0.39, 0.29) is 0 Å². The third-order valence-electron chi connectivity index (χ3n) is 3.23. The van der Waals surface area contributed by atoms with E-state index >= 15 is 0 Å². The van der Waals surface area contributed by atoms with E-state index in [9.17, 15) is 8.42 Å². The molecular formula is C14H24N2O2S. The van der Waals surface area contributed by atoms with Crippen molar-refractivity contribution in [1.29, 1.82) is 0 Å². The summed E-state index contributed by atoms with van der Waals surface area (Å²) in [7, 11) is -1.76. The van der Waals surface area contributed by atoms with E-state index in [1.54, 1.807) is 13.1 Å². The van der Waals surface area contributed by atoms with Crippen LogP contribution in [0.5, 0.6) is 0 Å². The van der Waals surface area contributed by atoms with E-state index in [2.05, 4.69) is 5.32 Å². The standard InChI is InChI=1S/C14H24N2O2S/c1-5-13-9-8-12(11-15-6-2)10-14(13)19(17,18)16(4)7-3/h8-10,15H,5-7,11H2,1-4H3. The number of hydrogen-bond acceptors (Lipinski definition) is 3. The van der Waals surface area contributed by atoms with E-state index in [0.717, 1.165) is 17.7 Å². The van der Waals surface area contributed by atoms with Crippen molar-refractivity contribution in [2.45, 2.75) is 38.6 Å². The first kappa shape index (κ1) is 16.1. The fourth-order valence-corrected chi connectivity index (χ4v) is 3.37. The van der Waals surface area contributed by atoms with E-state index in [0.29, 0.717) is 24.4 Å². The Labute approximate surface area is 116 Å². The lowest BCUT2D eigenvalue weighted by Gasteiger charge is -2.18. The van der Waals surface area contributed by atoms with Gasteiger partial charge < -0.3 is 5.32 Å². The molecule has 108 valence electrons. The molecule has 0 heterocycles. The third kappa shape index (κ3) is 3.78. The Hall–Kier alpha value is -0.910. The van der Waals surface area contributed by atoms with Crippen molar-refractivity contribution in [3.63, 3.8) is 0 Å². The minimum Gasteiger partial charge on any atom is -0.313 e. The quantitative estimate of drug-likeness (QED) is 0.833. The SMILES string of the molecule is CCNCc1ccc(CC)c(S(=O)(=O)N(C)CC)c1. The maximum atomic E-state index is 12.5. The van der Waals surface area contributed by atoms with E-state index in [1.807, 2.05) is 32.9 Å². The molecule has 0 fully saturated rings. The fourth-order valence-electron chi connectivity index (χ4n) is 1.85. The summed E-state index contributed by atoms with van der Waals surface area (Å²) in [5.74, 6) is 0. The first-order chi connectivity index (χ1) is 8.97. The summed E-state index contributed by atoms with van der Waals surface area (Å²) in [6, 6.07) is 5.71. The Morgan fingerprint density at radius 1 is 1.21 bits per heavy atom. The molecule has 5 heteroatoms. The smallest absolute Gasteiger partial charge is 0.243 e. The zero-order valence-electron chi connectivity index (χ0n) is 12.2. The molecular weight excluding hydrogens is 260 g/mol. The van der Waals surface area contributed by atoms with Crippen LogP contribution in [-0.2, 0) is 23.0 Å². The fraction of sp³-hybridized carbons (Fsp3) is 0.571. The molecule has 0 radical (unpaired) electrons. The molecule has 0 saturated carbocycles. The average molecular weight is 284 g/mol. The first-order valence-corrected chi connectivity index (χ1v) is 8.20. The van der Waals surface area contributed by atoms with Crippen LogP contribution in [-0.4, -0.2) is 32.9 Å². The van der Waals surface area contributed by atoms with Gasteiger partial charge in [0.2, 0.25) is 10.0 Å². The van der Waals surface area contributed by atoms with Crippen molar-refractivity contribution in [3.05, 3.63) is 29.3 Å². The Morgan fingerprint density at radius 3 is 2.42 bits per heavy atom. The van der Waals surface area contributed by atoms with Gasteiger partial charge in [-0.05, 0) is 30.2 Å². The van der Waals surface area contributed by atoms with Crippen LogP contribution < -0.4 is 5.32 Å².